The van der Waals surface area contributed by atoms with E-state index >= 15 is 0 Å². The monoisotopic (exact) mass is 344 g/mol. The first-order valence-electron chi connectivity index (χ1n) is 7.10. The maximum absolute atomic E-state index is 13.8. The lowest BCUT2D eigenvalue weighted by molar-refractivity contribution is 0.603. The molecule has 3 rings (SSSR count). The molecule has 4 nitrogen and oxygen atoms in total. The second kappa shape index (κ2) is 6.84. The molecule has 0 atom stereocenters. The molecule has 0 saturated heterocycles. The summed E-state index contributed by atoms with van der Waals surface area (Å²) >= 11 is 1.37. The maximum atomic E-state index is 13.8. The number of nitrogens with one attached hydrogen (secondary N) is 1. The van der Waals surface area contributed by atoms with Crippen LogP contribution < -0.4 is 11.1 Å². The summed E-state index contributed by atoms with van der Waals surface area (Å²) in [5.41, 5.74) is 7.46. The van der Waals surface area contributed by atoms with Crippen molar-refractivity contribution < 1.29 is 8.78 Å². The third kappa shape index (κ3) is 3.62. The highest BCUT2D eigenvalue weighted by Gasteiger charge is 2.12. The normalized spacial score (nSPS) is 10.6. The number of halogens is 2. The summed E-state index contributed by atoms with van der Waals surface area (Å²) in [6.45, 7) is 2.00. The maximum Gasteiger partial charge on any atom is 0.158 e. The fourth-order valence-electron chi connectivity index (χ4n) is 2.00. The van der Waals surface area contributed by atoms with Gasteiger partial charge in [-0.2, -0.15) is 0 Å². The predicted molar refractivity (Wildman–Crippen MR) is 91.4 cm³/mol. The molecule has 1 aromatic heterocycles. The van der Waals surface area contributed by atoms with Gasteiger partial charge in [-0.3, -0.25) is 0 Å². The van der Waals surface area contributed by atoms with E-state index in [0.717, 1.165) is 28.7 Å². The Morgan fingerprint density at radius 2 is 1.79 bits per heavy atom. The number of rotatable bonds is 4. The Balaban J connectivity index is 1.88. The molecule has 0 bridgehead atoms. The zero-order valence-corrected chi connectivity index (χ0v) is 13.6. The van der Waals surface area contributed by atoms with Crippen LogP contribution in [0.5, 0.6) is 0 Å². The Morgan fingerprint density at radius 1 is 1.04 bits per heavy atom. The lowest BCUT2D eigenvalue weighted by Crippen LogP contribution is -2.03. The van der Waals surface area contributed by atoms with Crippen molar-refractivity contribution in [3.8, 4) is 0 Å². The van der Waals surface area contributed by atoms with Gasteiger partial charge in [0.15, 0.2) is 5.82 Å². The highest BCUT2D eigenvalue weighted by atomic mass is 32.2. The van der Waals surface area contributed by atoms with Gasteiger partial charge in [-0.25, -0.2) is 18.7 Å². The number of nitrogens with zero attached hydrogens (tertiary/aromatic N) is 2. The average Bonchev–Trinajstić information content (AvgIpc) is 2.56. The van der Waals surface area contributed by atoms with Crippen LogP contribution in [0.2, 0.25) is 0 Å². The summed E-state index contributed by atoms with van der Waals surface area (Å²) in [5, 5.41) is 3.25. The van der Waals surface area contributed by atoms with E-state index < -0.39 is 11.6 Å². The molecule has 0 unspecified atom stereocenters. The van der Waals surface area contributed by atoms with E-state index in [-0.39, 0.29) is 17.2 Å². The number of aryl methyl sites for hydroxylation is 1. The van der Waals surface area contributed by atoms with E-state index in [1.54, 1.807) is 0 Å². The van der Waals surface area contributed by atoms with Gasteiger partial charge in [-0.1, -0.05) is 29.5 Å². The van der Waals surface area contributed by atoms with Crippen LogP contribution in [-0.2, 0) is 0 Å². The topological polar surface area (TPSA) is 63.8 Å². The van der Waals surface area contributed by atoms with Crippen LogP contribution in [0.1, 0.15) is 5.56 Å². The highest BCUT2D eigenvalue weighted by Crippen LogP contribution is 2.34. The smallest absolute Gasteiger partial charge is 0.158 e. The molecule has 0 saturated carbocycles. The number of benzene rings is 2. The molecule has 0 aliphatic rings. The van der Waals surface area contributed by atoms with Crippen LogP contribution >= 0.6 is 11.8 Å². The van der Waals surface area contributed by atoms with Gasteiger partial charge in [0.05, 0.1) is 5.69 Å². The minimum absolute atomic E-state index is 0.0355. The molecule has 3 aromatic rings. The molecule has 0 spiro atoms. The van der Waals surface area contributed by atoms with Gasteiger partial charge in [0, 0.05) is 11.0 Å². The molecule has 0 amide bonds. The molecule has 2 aromatic carbocycles. The van der Waals surface area contributed by atoms with Crippen LogP contribution in [0, 0.1) is 18.6 Å². The lowest BCUT2D eigenvalue weighted by Gasteiger charge is -2.11. The van der Waals surface area contributed by atoms with E-state index in [1.165, 1.54) is 18.1 Å². The summed E-state index contributed by atoms with van der Waals surface area (Å²) in [4.78, 5) is 9.13. The van der Waals surface area contributed by atoms with Crippen LogP contribution in [-0.4, -0.2) is 9.97 Å². The van der Waals surface area contributed by atoms with Crippen molar-refractivity contribution in [1.82, 2.24) is 9.97 Å². The molecule has 0 fully saturated rings. The summed E-state index contributed by atoms with van der Waals surface area (Å²) in [7, 11) is 0. The van der Waals surface area contributed by atoms with Gasteiger partial charge in [0.2, 0.25) is 0 Å². The van der Waals surface area contributed by atoms with Crippen molar-refractivity contribution in [2.45, 2.75) is 16.8 Å². The molecule has 0 radical (unpaired) electrons. The molecule has 1 heterocycles. The number of hydrogen-bond donors (Lipinski definition) is 2. The molecular weight excluding hydrogens is 330 g/mol. The van der Waals surface area contributed by atoms with Crippen LogP contribution in [0.15, 0.2) is 58.7 Å². The average molecular weight is 344 g/mol. The van der Waals surface area contributed by atoms with E-state index in [0.29, 0.717) is 5.03 Å². The highest BCUT2D eigenvalue weighted by molar-refractivity contribution is 7.99. The minimum atomic E-state index is -0.595. The largest absolute Gasteiger partial charge is 0.394 e. The van der Waals surface area contributed by atoms with Crippen molar-refractivity contribution in [2.75, 3.05) is 11.1 Å². The van der Waals surface area contributed by atoms with Crippen molar-refractivity contribution in [1.29, 1.82) is 0 Å². The van der Waals surface area contributed by atoms with Gasteiger partial charge in [-0.15, -0.1) is 0 Å². The van der Waals surface area contributed by atoms with Crippen LogP contribution in [0.4, 0.5) is 26.0 Å². The molecule has 0 aliphatic heterocycles. The summed E-state index contributed by atoms with van der Waals surface area (Å²) in [6.07, 6.45) is 1.33. The lowest BCUT2D eigenvalue weighted by atomic mass is 10.2. The van der Waals surface area contributed by atoms with Gasteiger partial charge >= 0.3 is 0 Å². The van der Waals surface area contributed by atoms with Gasteiger partial charge in [0.25, 0.3) is 0 Å². The van der Waals surface area contributed by atoms with E-state index in [9.17, 15) is 8.78 Å². The van der Waals surface area contributed by atoms with Gasteiger partial charge < -0.3 is 11.1 Å². The molecule has 7 heteroatoms. The molecule has 0 aliphatic carbocycles. The zero-order valence-electron chi connectivity index (χ0n) is 12.8. The SMILES string of the molecule is Cc1ccc(Sc2ncnc(Nc3cc(F)ccc3F)c2N)cc1. The van der Waals surface area contributed by atoms with Crippen molar-refractivity contribution in [2.24, 2.45) is 0 Å². The van der Waals surface area contributed by atoms with E-state index in [4.69, 9.17) is 5.73 Å². The van der Waals surface area contributed by atoms with Crippen LogP contribution in [0.25, 0.3) is 0 Å². The number of aromatic nitrogens is 2. The van der Waals surface area contributed by atoms with Crippen molar-refractivity contribution in [3.05, 3.63) is 66.0 Å². The Hall–Kier alpha value is -2.67. The fraction of sp³-hybridized carbons (Fsp3) is 0.0588. The van der Waals surface area contributed by atoms with E-state index in [2.05, 4.69) is 15.3 Å². The third-order valence-corrected chi connectivity index (χ3v) is 4.29. The Labute approximate surface area is 142 Å². The predicted octanol–water partition coefficient (Wildman–Crippen LogP) is 4.54. The molecule has 3 N–H and O–H groups in total. The standard InChI is InChI=1S/C17H14F2N4S/c1-10-2-5-12(6-3-10)24-17-15(20)16(21-9-22-17)23-14-8-11(18)4-7-13(14)19/h2-9H,20H2,1H3,(H,21,22,23). The van der Waals surface area contributed by atoms with Gasteiger partial charge in [-0.05, 0) is 31.2 Å². The Morgan fingerprint density at radius 3 is 2.54 bits per heavy atom. The Kier molecular flexibility index (Phi) is 4.61. The zero-order chi connectivity index (χ0) is 17.1. The van der Waals surface area contributed by atoms with Crippen LogP contribution in [0.3, 0.4) is 0 Å². The Bertz CT molecular complexity index is 869. The third-order valence-electron chi connectivity index (χ3n) is 3.26. The quantitative estimate of drug-likeness (QED) is 0.680. The van der Waals surface area contributed by atoms with Gasteiger partial charge in [0.1, 0.15) is 28.7 Å². The second-order valence-electron chi connectivity index (χ2n) is 5.11. The number of nitrogen functional groups attached to an aromatic ring is 1. The minimum Gasteiger partial charge on any atom is -0.394 e. The van der Waals surface area contributed by atoms with E-state index in [1.807, 2.05) is 31.2 Å². The first kappa shape index (κ1) is 16.2. The van der Waals surface area contributed by atoms with Crippen molar-refractivity contribution >= 4 is 29.0 Å². The first-order chi connectivity index (χ1) is 11.5. The molecular formula is C17H14F2N4S. The number of anilines is 3. The van der Waals surface area contributed by atoms with Crippen molar-refractivity contribution in [3.63, 3.8) is 0 Å². The number of nitrogens with two attached hydrogens (primary N) is 1. The number of hydrogen-bond acceptors (Lipinski definition) is 5. The summed E-state index contributed by atoms with van der Waals surface area (Å²) in [5.74, 6) is -0.924. The summed E-state index contributed by atoms with van der Waals surface area (Å²) in [6, 6.07) is 11.0. The fourth-order valence-corrected chi connectivity index (χ4v) is 2.80. The second-order valence-corrected chi connectivity index (χ2v) is 6.17. The molecule has 122 valence electrons. The molecule has 24 heavy (non-hydrogen) atoms. The first-order valence-corrected chi connectivity index (χ1v) is 7.91. The summed E-state index contributed by atoms with van der Waals surface area (Å²) < 4.78 is 27.0.